The van der Waals surface area contributed by atoms with Gasteiger partial charge >= 0.3 is 12.3 Å². The highest BCUT2D eigenvalue weighted by Crippen LogP contribution is 2.28. The van der Waals surface area contributed by atoms with Gasteiger partial charge in [-0.15, -0.1) is 13.2 Å². The van der Waals surface area contributed by atoms with Crippen molar-refractivity contribution in [2.24, 2.45) is 0 Å². The molecule has 31 heavy (non-hydrogen) atoms. The molecule has 0 saturated carbocycles. The molecule has 2 aromatic rings. The number of rotatable bonds is 5. The Balaban J connectivity index is 1.64. The molecule has 1 aromatic carbocycles. The summed E-state index contributed by atoms with van der Waals surface area (Å²) in [6.45, 7) is 9.42. The highest BCUT2D eigenvalue weighted by Gasteiger charge is 2.31. The number of halogens is 3. The average Bonchev–Trinajstić information content (AvgIpc) is 3.00. The van der Waals surface area contributed by atoms with E-state index < -0.39 is 17.9 Å². The first kappa shape index (κ1) is 22.9. The van der Waals surface area contributed by atoms with Crippen molar-refractivity contribution in [1.82, 2.24) is 9.88 Å². The Morgan fingerprint density at radius 3 is 2.45 bits per heavy atom. The molecule has 0 bridgehead atoms. The third kappa shape index (κ3) is 6.58. The largest absolute Gasteiger partial charge is 0.573 e. The number of hydrogen-bond donors (Lipinski definition) is 0. The maximum absolute atomic E-state index is 12.3. The number of anilines is 1. The van der Waals surface area contributed by atoms with E-state index in [1.54, 1.807) is 45.2 Å². The van der Waals surface area contributed by atoms with E-state index in [0.717, 1.165) is 17.8 Å². The lowest BCUT2D eigenvalue weighted by molar-refractivity contribution is -0.274. The maximum atomic E-state index is 12.3. The molecule has 3 rings (SSSR count). The molecule has 1 fully saturated rings. The Morgan fingerprint density at radius 1 is 1.16 bits per heavy atom. The molecule has 0 aliphatic carbocycles. The van der Waals surface area contributed by atoms with Gasteiger partial charge in [0, 0.05) is 31.0 Å². The molecule has 1 unspecified atom stereocenters. The van der Waals surface area contributed by atoms with E-state index in [1.165, 1.54) is 12.1 Å². The van der Waals surface area contributed by atoms with E-state index in [2.05, 4.69) is 26.4 Å². The zero-order valence-corrected chi connectivity index (χ0v) is 17.9. The summed E-state index contributed by atoms with van der Waals surface area (Å²) in [7, 11) is 0. The van der Waals surface area contributed by atoms with Crippen molar-refractivity contribution in [2.75, 3.05) is 18.1 Å². The van der Waals surface area contributed by atoms with Crippen molar-refractivity contribution >= 4 is 11.7 Å². The minimum atomic E-state index is -4.71. The van der Waals surface area contributed by atoms with Gasteiger partial charge in [-0.1, -0.05) is 0 Å². The molecular formula is C22H26F3N3O3. The van der Waals surface area contributed by atoms with Gasteiger partial charge in [-0.3, -0.25) is 4.90 Å². The standard InChI is InChI=1S/C22H26F3N3O3/c1-15-12-28(17-5-7-18(8-6-17)30-22(23,24)25)14-27(15)13-16-9-10-26-19(11-16)20(29)31-21(2,3)4/h5-11,15H,12-14H2,1-4H3. The summed E-state index contributed by atoms with van der Waals surface area (Å²) >= 11 is 0. The molecule has 1 aliphatic rings. The van der Waals surface area contributed by atoms with Gasteiger partial charge in [0.15, 0.2) is 0 Å². The fourth-order valence-corrected chi connectivity index (χ4v) is 3.35. The number of alkyl halides is 3. The minimum absolute atomic E-state index is 0.212. The highest BCUT2D eigenvalue weighted by molar-refractivity contribution is 5.87. The van der Waals surface area contributed by atoms with E-state index in [9.17, 15) is 18.0 Å². The highest BCUT2D eigenvalue weighted by atomic mass is 19.4. The SMILES string of the molecule is CC1CN(c2ccc(OC(F)(F)F)cc2)CN1Cc1ccnc(C(=O)OC(C)(C)C)c1. The molecule has 1 aromatic heterocycles. The van der Waals surface area contributed by atoms with Gasteiger partial charge < -0.3 is 14.4 Å². The Bertz CT molecular complexity index is 911. The quantitative estimate of drug-likeness (QED) is 0.637. The van der Waals surface area contributed by atoms with E-state index in [0.29, 0.717) is 13.2 Å². The Hall–Kier alpha value is -2.81. The van der Waals surface area contributed by atoms with Gasteiger partial charge in [-0.25, -0.2) is 9.78 Å². The number of esters is 1. The van der Waals surface area contributed by atoms with Gasteiger partial charge in [0.1, 0.15) is 17.0 Å². The summed E-state index contributed by atoms with van der Waals surface area (Å²) in [6.07, 6.45) is -3.12. The van der Waals surface area contributed by atoms with Crippen LogP contribution in [0.2, 0.25) is 0 Å². The Morgan fingerprint density at radius 2 is 1.84 bits per heavy atom. The third-order valence-corrected chi connectivity index (χ3v) is 4.71. The molecule has 1 saturated heterocycles. The van der Waals surface area contributed by atoms with Crippen molar-refractivity contribution in [3.05, 3.63) is 53.9 Å². The van der Waals surface area contributed by atoms with Crippen LogP contribution in [-0.4, -0.2) is 47.1 Å². The summed E-state index contributed by atoms with van der Waals surface area (Å²) < 4.78 is 46.3. The summed E-state index contributed by atoms with van der Waals surface area (Å²) in [5.74, 6) is -0.710. The normalized spacial score (nSPS) is 17.6. The van der Waals surface area contributed by atoms with Crippen LogP contribution in [0.25, 0.3) is 0 Å². The number of pyridine rings is 1. The Labute approximate surface area is 179 Å². The Kier molecular flexibility index (Phi) is 6.45. The fraction of sp³-hybridized carbons (Fsp3) is 0.455. The molecule has 9 heteroatoms. The van der Waals surface area contributed by atoms with Crippen LogP contribution in [0.5, 0.6) is 5.75 Å². The van der Waals surface area contributed by atoms with Crippen LogP contribution in [0.1, 0.15) is 43.7 Å². The van der Waals surface area contributed by atoms with Crippen LogP contribution in [0, 0.1) is 0 Å². The number of ether oxygens (including phenoxy) is 2. The summed E-state index contributed by atoms with van der Waals surface area (Å²) in [6, 6.07) is 9.65. The molecule has 0 radical (unpaired) electrons. The molecule has 6 nitrogen and oxygen atoms in total. The van der Waals surface area contributed by atoms with Gasteiger partial charge in [0.25, 0.3) is 0 Å². The molecular weight excluding hydrogens is 411 g/mol. The fourth-order valence-electron chi connectivity index (χ4n) is 3.35. The second-order valence-corrected chi connectivity index (χ2v) is 8.55. The van der Waals surface area contributed by atoms with Crippen LogP contribution >= 0.6 is 0 Å². The zero-order valence-electron chi connectivity index (χ0n) is 17.9. The predicted octanol–water partition coefficient (Wildman–Crippen LogP) is 4.60. The van der Waals surface area contributed by atoms with Crippen LogP contribution in [0.3, 0.4) is 0 Å². The number of benzene rings is 1. The van der Waals surface area contributed by atoms with Gasteiger partial charge in [-0.05, 0) is 69.7 Å². The van der Waals surface area contributed by atoms with E-state index >= 15 is 0 Å². The zero-order chi connectivity index (χ0) is 22.8. The second kappa shape index (κ2) is 8.74. The topological polar surface area (TPSA) is 54.9 Å². The van der Waals surface area contributed by atoms with Crippen molar-refractivity contribution in [3.63, 3.8) is 0 Å². The van der Waals surface area contributed by atoms with Gasteiger partial charge in [0.2, 0.25) is 0 Å². The van der Waals surface area contributed by atoms with Crippen molar-refractivity contribution in [3.8, 4) is 5.75 Å². The first-order chi connectivity index (χ1) is 14.4. The smallest absolute Gasteiger partial charge is 0.455 e. The molecule has 0 amide bonds. The number of aromatic nitrogens is 1. The van der Waals surface area contributed by atoms with Crippen LogP contribution in [0.4, 0.5) is 18.9 Å². The lowest BCUT2D eigenvalue weighted by Crippen LogP contribution is -2.28. The molecule has 1 aliphatic heterocycles. The molecule has 0 N–H and O–H groups in total. The molecule has 2 heterocycles. The first-order valence-electron chi connectivity index (χ1n) is 9.93. The second-order valence-electron chi connectivity index (χ2n) is 8.55. The van der Waals surface area contributed by atoms with Gasteiger partial charge in [-0.2, -0.15) is 0 Å². The summed E-state index contributed by atoms with van der Waals surface area (Å²) in [5.41, 5.74) is 1.40. The van der Waals surface area contributed by atoms with Crippen molar-refractivity contribution in [1.29, 1.82) is 0 Å². The van der Waals surface area contributed by atoms with Crippen molar-refractivity contribution < 1.29 is 27.4 Å². The molecule has 0 spiro atoms. The number of carbonyl (C=O) groups is 1. The monoisotopic (exact) mass is 437 g/mol. The number of hydrogen-bond acceptors (Lipinski definition) is 6. The first-order valence-corrected chi connectivity index (χ1v) is 9.93. The van der Waals surface area contributed by atoms with E-state index in [1.807, 2.05) is 6.07 Å². The lowest BCUT2D eigenvalue weighted by atomic mass is 10.1. The van der Waals surface area contributed by atoms with Gasteiger partial charge in [0.05, 0.1) is 6.67 Å². The van der Waals surface area contributed by atoms with Crippen LogP contribution in [0.15, 0.2) is 42.6 Å². The van der Waals surface area contributed by atoms with Crippen molar-refractivity contribution in [2.45, 2.75) is 52.2 Å². The minimum Gasteiger partial charge on any atom is -0.455 e. The number of nitrogens with zero attached hydrogens (tertiary/aromatic N) is 3. The maximum Gasteiger partial charge on any atom is 0.573 e. The molecule has 1 atom stereocenters. The van der Waals surface area contributed by atoms with Crippen LogP contribution < -0.4 is 9.64 Å². The average molecular weight is 437 g/mol. The van der Waals surface area contributed by atoms with Crippen LogP contribution in [-0.2, 0) is 11.3 Å². The van der Waals surface area contributed by atoms with E-state index in [-0.39, 0.29) is 17.5 Å². The third-order valence-electron chi connectivity index (χ3n) is 4.71. The lowest BCUT2D eigenvalue weighted by Gasteiger charge is -2.22. The van der Waals surface area contributed by atoms with E-state index in [4.69, 9.17) is 4.74 Å². The number of carbonyl (C=O) groups excluding carboxylic acids is 1. The predicted molar refractivity (Wildman–Crippen MR) is 110 cm³/mol. The summed E-state index contributed by atoms with van der Waals surface area (Å²) in [5, 5.41) is 0. The summed E-state index contributed by atoms with van der Waals surface area (Å²) in [4.78, 5) is 20.7. The molecule has 168 valence electrons.